The molecule has 0 aromatic heterocycles. The summed E-state index contributed by atoms with van der Waals surface area (Å²) in [5.74, 6) is -0.531. The van der Waals surface area contributed by atoms with Gasteiger partial charge in [0.25, 0.3) is 0 Å². The Hall–Kier alpha value is -1.96. The highest BCUT2D eigenvalue weighted by Crippen LogP contribution is 2.48. The number of ether oxygens (including phenoxy) is 2. The SMILES string of the molecule is CC(C)(C)OC(=O)N1CC2(CCC(N3CCC(c4ccc(F)cc4OC(F)F)CC3)C2)C1. The predicted molar refractivity (Wildman–Crippen MR) is 114 cm³/mol. The number of hydrogen-bond donors (Lipinski definition) is 0. The van der Waals surface area contributed by atoms with Crippen LogP contribution in [0.3, 0.4) is 0 Å². The molecule has 1 aromatic rings. The van der Waals surface area contributed by atoms with E-state index in [9.17, 15) is 18.0 Å². The van der Waals surface area contributed by atoms with Crippen molar-refractivity contribution in [2.24, 2.45) is 5.41 Å². The van der Waals surface area contributed by atoms with E-state index < -0.39 is 18.0 Å². The van der Waals surface area contributed by atoms with Gasteiger partial charge in [0.2, 0.25) is 0 Å². The van der Waals surface area contributed by atoms with Crippen LogP contribution in [-0.4, -0.2) is 60.3 Å². The van der Waals surface area contributed by atoms with E-state index in [-0.39, 0.29) is 23.2 Å². The average molecular weight is 455 g/mol. The summed E-state index contributed by atoms with van der Waals surface area (Å²) in [7, 11) is 0. The summed E-state index contributed by atoms with van der Waals surface area (Å²) in [6, 6.07) is 4.44. The Bertz CT molecular complexity index is 828. The molecular weight excluding hydrogens is 421 g/mol. The van der Waals surface area contributed by atoms with Crippen molar-refractivity contribution in [1.82, 2.24) is 9.80 Å². The van der Waals surface area contributed by atoms with Gasteiger partial charge in [-0.05, 0) is 83.5 Å². The van der Waals surface area contributed by atoms with Gasteiger partial charge in [0.05, 0.1) is 0 Å². The molecule has 4 rings (SSSR count). The molecule has 178 valence electrons. The van der Waals surface area contributed by atoms with Crippen LogP contribution >= 0.6 is 0 Å². The minimum atomic E-state index is -2.96. The lowest BCUT2D eigenvalue weighted by Gasteiger charge is -2.48. The highest BCUT2D eigenvalue weighted by molar-refractivity contribution is 5.69. The van der Waals surface area contributed by atoms with Crippen molar-refractivity contribution < 1.29 is 27.4 Å². The molecule has 1 saturated carbocycles. The van der Waals surface area contributed by atoms with Gasteiger partial charge < -0.3 is 19.3 Å². The van der Waals surface area contributed by atoms with Crippen molar-refractivity contribution in [2.45, 2.75) is 77.0 Å². The molecule has 1 amide bonds. The number of benzene rings is 1. The van der Waals surface area contributed by atoms with E-state index in [1.165, 1.54) is 6.07 Å². The third-order valence-corrected chi connectivity index (χ3v) is 7.06. The van der Waals surface area contributed by atoms with E-state index in [1.54, 1.807) is 11.0 Å². The van der Waals surface area contributed by atoms with Gasteiger partial charge in [0.1, 0.15) is 17.2 Å². The number of piperidine rings is 1. The number of halogens is 3. The summed E-state index contributed by atoms with van der Waals surface area (Å²) in [5, 5.41) is 0. The maximum absolute atomic E-state index is 13.5. The van der Waals surface area contributed by atoms with E-state index in [0.29, 0.717) is 11.6 Å². The smallest absolute Gasteiger partial charge is 0.410 e. The first kappa shape index (κ1) is 23.2. The number of rotatable bonds is 4. The summed E-state index contributed by atoms with van der Waals surface area (Å²) in [6.07, 6.45) is 4.74. The number of likely N-dealkylation sites (tertiary alicyclic amines) is 2. The Labute approximate surface area is 187 Å². The number of nitrogens with zero attached hydrogens (tertiary/aromatic N) is 2. The largest absolute Gasteiger partial charge is 0.444 e. The van der Waals surface area contributed by atoms with E-state index in [4.69, 9.17) is 4.74 Å². The molecule has 32 heavy (non-hydrogen) atoms. The van der Waals surface area contributed by atoms with Crippen LogP contribution in [-0.2, 0) is 4.74 Å². The Kier molecular flexibility index (Phi) is 6.36. The average Bonchev–Trinajstić information content (AvgIpc) is 3.11. The van der Waals surface area contributed by atoms with E-state index in [2.05, 4.69) is 9.64 Å². The number of carbonyl (C=O) groups is 1. The normalized spacial score (nSPS) is 24.1. The summed E-state index contributed by atoms with van der Waals surface area (Å²) in [6.45, 7) is 5.96. The molecule has 1 aliphatic carbocycles. The summed E-state index contributed by atoms with van der Waals surface area (Å²) in [5.41, 5.74) is 0.391. The second kappa shape index (κ2) is 8.76. The van der Waals surface area contributed by atoms with E-state index in [0.717, 1.165) is 64.3 Å². The maximum Gasteiger partial charge on any atom is 0.410 e. The van der Waals surface area contributed by atoms with Crippen molar-refractivity contribution in [3.05, 3.63) is 29.6 Å². The lowest BCUT2D eigenvalue weighted by atomic mass is 9.78. The molecule has 3 fully saturated rings. The Morgan fingerprint density at radius 3 is 2.47 bits per heavy atom. The van der Waals surface area contributed by atoms with Crippen LogP contribution in [0.15, 0.2) is 18.2 Å². The van der Waals surface area contributed by atoms with Crippen LogP contribution in [0.25, 0.3) is 0 Å². The minimum Gasteiger partial charge on any atom is -0.444 e. The lowest BCUT2D eigenvalue weighted by molar-refractivity contribution is -0.0510. The first-order chi connectivity index (χ1) is 15.0. The molecule has 3 aliphatic rings. The van der Waals surface area contributed by atoms with Gasteiger partial charge in [0, 0.05) is 30.6 Å². The third-order valence-electron chi connectivity index (χ3n) is 7.06. The second-order valence-electron chi connectivity index (χ2n) is 10.6. The van der Waals surface area contributed by atoms with Gasteiger partial charge in [-0.25, -0.2) is 9.18 Å². The quantitative estimate of drug-likeness (QED) is 0.611. The van der Waals surface area contributed by atoms with Gasteiger partial charge in [-0.1, -0.05) is 6.07 Å². The first-order valence-electron chi connectivity index (χ1n) is 11.5. The molecule has 2 saturated heterocycles. The zero-order chi connectivity index (χ0) is 23.1. The van der Waals surface area contributed by atoms with Gasteiger partial charge in [0.15, 0.2) is 0 Å². The van der Waals surface area contributed by atoms with Crippen LogP contribution in [0.4, 0.5) is 18.0 Å². The topological polar surface area (TPSA) is 42.0 Å². The summed E-state index contributed by atoms with van der Waals surface area (Å²) >= 11 is 0. The first-order valence-corrected chi connectivity index (χ1v) is 11.5. The second-order valence-corrected chi connectivity index (χ2v) is 10.6. The maximum atomic E-state index is 13.5. The van der Waals surface area contributed by atoms with Crippen molar-refractivity contribution in [1.29, 1.82) is 0 Å². The minimum absolute atomic E-state index is 0.0463. The van der Waals surface area contributed by atoms with Crippen LogP contribution in [0.2, 0.25) is 0 Å². The summed E-state index contributed by atoms with van der Waals surface area (Å²) in [4.78, 5) is 16.6. The number of alkyl halides is 2. The molecule has 1 unspecified atom stereocenters. The zero-order valence-corrected chi connectivity index (χ0v) is 19.1. The highest BCUT2D eigenvalue weighted by atomic mass is 19.3. The van der Waals surface area contributed by atoms with Gasteiger partial charge in [-0.2, -0.15) is 8.78 Å². The number of amides is 1. The van der Waals surface area contributed by atoms with Gasteiger partial charge in [-0.15, -0.1) is 0 Å². The van der Waals surface area contributed by atoms with Crippen molar-refractivity contribution in [3.8, 4) is 5.75 Å². The fraction of sp³-hybridized carbons (Fsp3) is 0.708. The highest BCUT2D eigenvalue weighted by Gasteiger charge is 2.51. The van der Waals surface area contributed by atoms with Crippen LogP contribution in [0.5, 0.6) is 5.75 Å². The zero-order valence-electron chi connectivity index (χ0n) is 19.1. The standard InChI is InChI=1S/C24H33F3N2O3/c1-23(2,3)32-22(30)29-14-24(15-29)9-6-18(13-24)28-10-7-16(8-11-28)19-5-4-17(25)12-20(19)31-21(26)27/h4-5,12,16,18,21H,6-11,13-15H2,1-3H3. The van der Waals surface area contributed by atoms with Gasteiger partial charge in [-0.3, -0.25) is 0 Å². The van der Waals surface area contributed by atoms with E-state index >= 15 is 0 Å². The molecule has 5 nitrogen and oxygen atoms in total. The molecule has 0 bridgehead atoms. The molecule has 0 N–H and O–H groups in total. The molecule has 8 heteroatoms. The van der Waals surface area contributed by atoms with Crippen molar-refractivity contribution in [2.75, 3.05) is 26.2 Å². The molecule has 1 aromatic carbocycles. The van der Waals surface area contributed by atoms with Crippen LogP contribution in [0, 0.1) is 11.2 Å². The van der Waals surface area contributed by atoms with Gasteiger partial charge >= 0.3 is 12.7 Å². The lowest BCUT2D eigenvalue weighted by Crippen LogP contribution is -2.58. The Balaban J connectivity index is 1.29. The Morgan fingerprint density at radius 2 is 1.84 bits per heavy atom. The monoisotopic (exact) mass is 454 g/mol. The van der Waals surface area contributed by atoms with Crippen molar-refractivity contribution in [3.63, 3.8) is 0 Å². The molecular formula is C24H33F3N2O3. The molecule has 2 aliphatic heterocycles. The van der Waals surface area contributed by atoms with Crippen LogP contribution in [0.1, 0.15) is 64.4 Å². The van der Waals surface area contributed by atoms with Crippen molar-refractivity contribution >= 4 is 6.09 Å². The fourth-order valence-electron chi connectivity index (χ4n) is 5.61. The third kappa shape index (κ3) is 5.16. The van der Waals surface area contributed by atoms with Crippen LogP contribution < -0.4 is 4.74 Å². The Morgan fingerprint density at radius 1 is 1.16 bits per heavy atom. The predicted octanol–water partition coefficient (Wildman–Crippen LogP) is 5.40. The summed E-state index contributed by atoms with van der Waals surface area (Å²) < 4.78 is 49.1. The molecule has 0 radical (unpaired) electrons. The molecule has 2 heterocycles. The molecule has 1 atom stereocenters. The fourth-order valence-corrected chi connectivity index (χ4v) is 5.61. The molecule has 1 spiro atoms. The number of hydrogen-bond acceptors (Lipinski definition) is 4. The number of carbonyl (C=O) groups excluding carboxylic acids is 1. The van der Waals surface area contributed by atoms with E-state index in [1.807, 2.05) is 20.8 Å².